The minimum atomic E-state index is -1.01. The zero-order valence-corrected chi connectivity index (χ0v) is 26.2. The molecule has 3 aromatic rings. The summed E-state index contributed by atoms with van der Waals surface area (Å²) in [6, 6.07) is 10.8. The molecule has 0 bridgehead atoms. The maximum absolute atomic E-state index is 13.9. The average Bonchev–Trinajstić information content (AvgIpc) is 3.41. The summed E-state index contributed by atoms with van der Waals surface area (Å²) in [5.41, 5.74) is 2.03. The van der Waals surface area contributed by atoms with Gasteiger partial charge >= 0.3 is 5.97 Å². The van der Waals surface area contributed by atoms with E-state index in [0.717, 1.165) is 11.3 Å². The van der Waals surface area contributed by atoms with Gasteiger partial charge < -0.3 is 20.3 Å². The number of aromatic nitrogens is 2. The van der Waals surface area contributed by atoms with Crippen LogP contribution in [0.1, 0.15) is 60.4 Å². The molecule has 3 N–H and O–H groups in total. The van der Waals surface area contributed by atoms with Gasteiger partial charge in [-0.1, -0.05) is 45.0 Å². The van der Waals surface area contributed by atoms with Crippen LogP contribution in [0.4, 0.5) is 5.69 Å². The Kier molecular flexibility index (Phi) is 10.3. The van der Waals surface area contributed by atoms with E-state index in [-0.39, 0.29) is 55.0 Å². The largest absolute Gasteiger partial charge is 0.465 e. The smallest absolute Gasteiger partial charge is 0.327 e. The Morgan fingerprint density at radius 1 is 1.07 bits per heavy atom. The maximum Gasteiger partial charge on any atom is 0.327 e. The van der Waals surface area contributed by atoms with E-state index in [9.17, 15) is 29.3 Å². The number of nitrogens with one attached hydrogen (secondary N) is 3. The molecule has 2 heterocycles. The van der Waals surface area contributed by atoms with Gasteiger partial charge in [0.1, 0.15) is 18.4 Å². The molecular formula is C32H37N7O7. The second-order valence-electron chi connectivity index (χ2n) is 11.9. The van der Waals surface area contributed by atoms with Crippen molar-refractivity contribution in [2.45, 2.75) is 59.7 Å². The molecule has 0 saturated heterocycles. The van der Waals surface area contributed by atoms with Crippen LogP contribution in [-0.4, -0.2) is 68.3 Å². The molecule has 1 atom stereocenters. The van der Waals surface area contributed by atoms with Gasteiger partial charge in [0.25, 0.3) is 11.6 Å². The number of fused-ring (bicyclic) bond motifs is 1. The van der Waals surface area contributed by atoms with E-state index in [1.54, 1.807) is 50.9 Å². The fourth-order valence-corrected chi connectivity index (χ4v) is 4.79. The van der Waals surface area contributed by atoms with Crippen LogP contribution in [0.15, 0.2) is 54.7 Å². The molecule has 1 aliphatic heterocycles. The average molecular weight is 632 g/mol. The number of nitrogens with zero attached hydrogens (tertiary/aromatic N) is 4. The van der Waals surface area contributed by atoms with E-state index >= 15 is 0 Å². The van der Waals surface area contributed by atoms with E-state index < -0.39 is 28.3 Å². The second kappa shape index (κ2) is 14.1. The summed E-state index contributed by atoms with van der Waals surface area (Å²) in [4.78, 5) is 63.7. The van der Waals surface area contributed by atoms with E-state index in [2.05, 4.69) is 15.7 Å². The molecule has 0 saturated carbocycles. The van der Waals surface area contributed by atoms with Crippen LogP contribution < -0.4 is 10.6 Å². The third-order valence-corrected chi connectivity index (χ3v) is 7.36. The van der Waals surface area contributed by atoms with Crippen molar-refractivity contribution in [1.29, 1.82) is 5.41 Å². The Labute approximate surface area is 265 Å². The number of non-ortho nitro benzene ring substituents is 1. The van der Waals surface area contributed by atoms with E-state index in [1.807, 2.05) is 0 Å². The third-order valence-electron chi connectivity index (χ3n) is 7.36. The molecule has 46 heavy (non-hydrogen) atoms. The van der Waals surface area contributed by atoms with E-state index in [1.165, 1.54) is 41.1 Å². The number of ether oxygens (including phenoxy) is 1. The van der Waals surface area contributed by atoms with Gasteiger partial charge in [-0.25, -0.2) is 0 Å². The van der Waals surface area contributed by atoms with Gasteiger partial charge in [-0.2, -0.15) is 5.10 Å². The topological polar surface area (TPSA) is 190 Å². The SMILES string of the molecule is CCOC(=O)Cn1cc2c(n1)CCN(C(=O)[C@H](Cc1ccc([N+](=O)[O-])cc1)NC(=O)c1ccc(C(=N)NC(=O)C(C)(C)C)cc1)C2. The molecule has 3 amide bonds. The van der Waals surface area contributed by atoms with Crippen LogP contribution in [0, 0.1) is 20.9 Å². The van der Waals surface area contributed by atoms with E-state index in [4.69, 9.17) is 10.1 Å². The Bertz CT molecular complexity index is 1640. The van der Waals surface area contributed by atoms with Crippen LogP contribution in [0.2, 0.25) is 0 Å². The normalized spacial score (nSPS) is 13.3. The lowest BCUT2D eigenvalue weighted by atomic mass is 9.95. The summed E-state index contributed by atoms with van der Waals surface area (Å²) in [5, 5.41) is 29.2. The zero-order chi connectivity index (χ0) is 33.6. The number of hydrogen-bond acceptors (Lipinski definition) is 9. The molecule has 0 aliphatic carbocycles. The van der Waals surface area contributed by atoms with Gasteiger partial charge in [0.2, 0.25) is 11.8 Å². The number of nitro groups is 1. The van der Waals surface area contributed by atoms with Gasteiger partial charge in [0, 0.05) is 66.4 Å². The van der Waals surface area contributed by atoms with Crippen molar-refractivity contribution in [2.75, 3.05) is 13.2 Å². The number of benzene rings is 2. The molecule has 14 heteroatoms. The number of amidine groups is 1. The Morgan fingerprint density at radius 3 is 2.33 bits per heavy atom. The summed E-state index contributed by atoms with van der Waals surface area (Å²) in [6.07, 6.45) is 2.24. The minimum absolute atomic E-state index is 0.0468. The summed E-state index contributed by atoms with van der Waals surface area (Å²) in [5.74, 6) is -1.72. The lowest BCUT2D eigenvalue weighted by Crippen LogP contribution is -2.50. The highest BCUT2D eigenvalue weighted by Crippen LogP contribution is 2.21. The van der Waals surface area contributed by atoms with Crippen LogP contribution in [0.5, 0.6) is 0 Å². The van der Waals surface area contributed by atoms with Crippen molar-refractivity contribution in [2.24, 2.45) is 5.41 Å². The highest BCUT2D eigenvalue weighted by Gasteiger charge is 2.31. The van der Waals surface area contributed by atoms with Gasteiger partial charge in [-0.3, -0.25) is 39.4 Å². The minimum Gasteiger partial charge on any atom is -0.465 e. The highest BCUT2D eigenvalue weighted by molar-refractivity contribution is 6.08. The van der Waals surface area contributed by atoms with Crippen molar-refractivity contribution >= 4 is 35.2 Å². The molecule has 4 rings (SSSR count). The van der Waals surface area contributed by atoms with Crippen LogP contribution in [0.3, 0.4) is 0 Å². The molecule has 1 aliphatic rings. The number of hydrogen-bond donors (Lipinski definition) is 3. The number of esters is 1. The van der Waals surface area contributed by atoms with E-state index in [0.29, 0.717) is 24.1 Å². The van der Waals surface area contributed by atoms with Crippen LogP contribution in [-0.2, 0) is 45.1 Å². The third kappa shape index (κ3) is 8.40. The van der Waals surface area contributed by atoms with Crippen molar-refractivity contribution < 1.29 is 28.8 Å². The molecule has 0 fully saturated rings. The van der Waals surface area contributed by atoms with Crippen molar-refractivity contribution in [3.05, 3.63) is 92.8 Å². The summed E-state index contributed by atoms with van der Waals surface area (Å²) >= 11 is 0. The molecule has 0 spiro atoms. The first kappa shape index (κ1) is 33.5. The predicted molar refractivity (Wildman–Crippen MR) is 167 cm³/mol. The monoisotopic (exact) mass is 631 g/mol. The van der Waals surface area contributed by atoms with Crippen LogP contribution in [0.25, 0.3) is 0 Å². The summed E-state index contributed by atoms with van der Waals surface area (Å²) in [7, 11) is 0. The lowest BCUT2D eigenvalue weighted by Gasteiger charge is -2.30. The fraction of sp³-hybridized carbons (Fsp3) is 0.375. The number of amides is 3. The Balaban J connectivity index is 1.51. The molecule has 1 aromatic heterocycles. The summed E-state index contributed by atoms with van der Waals surface area (Å²) < 4.78 is 6.49. The first-order valence-corrected chi connectivity index (χ1v) is 14.8. The molecule has 2 aromatic carbocycles. The molecular weight excluding hydrogens is 594 g/mol. The zero-order valence-electron chi connectivity index (χ0n) is 26.2. The first-order valence-electron chi connectivity index (χ1n) is 14.8. The highest BCUT2D eigenvalue weighted by atomic mass is 16.6. The predicted octanol–water partition coefficient (Wildman–Crippen LogP) is 2.77. The number of rotatable bonds is 10. The molecule has 14 nitrogen and oxygen atoms in total. The number of carbonyl (C=O) groups excluding carboxylic acids is 4. The van der Waals surface area contributed by atoms with Gasteiger partial charge in [-0.05, 0) is 24.6 Å². The van der Waals surface area contributed by atoms with Crippen molar-refractivity contribution in [1.82, 2.24) is 25.3 Å². The molecule has 242 valence electrons. The first-order chi connectivity index (χ1) is 21.7. The quantitative estimate of drug-likeness (QED) is 0.100. The van der Waals surface area contributed by atoms with Gasteiger partial charge in [-0.15, -0.1) is 0 Å². The summed E-state index contributed by atoms with van der Waals surface area (Å²) in [6.45, 7) is 7.70. The van der Waals surface area contributed by atoms with Crippen molar-refractivity contribution in [3.8, 4) is 0 Å². The Morgan fingerprint density at radius 2 is 1.72 bits per heavy atom. The molecule has 0 radical (unpaired) electrons. The Hall–Kier alpha value is -5.40. The molecule has 0 unspecified atom stereocenters. The maximum atomic E-state index is 13.9. The fourth-order valence-electron chi connectivity index (χ4n) is 4.79. The van der Waals surface area contributed by atoms with Crippen molar-refractivity contribution in [3.63, 3.8) is 0 Å². The lowest BCUT2D eigenvalue weighted by molar-refractivity contribution is -0.384. The van der Waals surface area contributed by atoms with Gasteiger partial charge in [0.15, 0.2) is 0 Å². The van der Waals surface area contributed by atoms with Crippen LogP contribution >= 0.6 is 0 Å². The van der Waals surface area contributed by atoms with Gasteiger partial charge in [0.05, 0.1) is 17.2 Å². The number of nitro benzene ring substituents is 1. The standard InChI is InChI=1S/C32H37N7O7/c1-5-46-27(40)19-38-18-23-17-37(15-14-25(23)36-38)30(42)26(16-20-6-12-24(13-7-20)39(44)45)34-29(41)22-10-8-21(9-11-22)28(33)35-31(43)32(2,3)4/h6-13,18,26H,5,14-17,19H2,1-4H3,(H,34,41)(H2,33,35,43)/t26-/m0/s1. The second-order valence-corrected chi connectivity index (χ2v) is 11.9. The number of carbonyl (C=O) groups is 4.